The van der Waals surface area contributed by atoms with Gasteiger partial charge in [-0.15, -0.1) is 0 Å². The number of nitrogens with zero attached hydrogens (tertiary/aromatic N) is 1. The fraction of sp³-hybridized carbons (Fsp3) is 0.364. The number of nitro benzene ring substituents is 1. The van der Waals surface area contributed by atoms with E-state index in [2.05, 4.69) is 0 Å². The Hall–Kier alpha value is -2.57. The molecule has 1 rings (SSSR count). The van der Waals surface area contributed by atoms with Gasteiger partial charge < -0.3 is 10.7 Å². The summed E-state index contributed by atoms with van der Waals surface area (Å²) in [6, 6.07) is 3.50. The molecule has 0 radical (unpaired) electrons. The standard InChI is InChI=1S/C11H10F6N4O3/c1-6(22)18-9(10(12,13)14,11(15,16)17)20-19-7-2-4-8(5-3-7)21(23)24/h2-5,19-20H,1H3,(H,18,22). The number of hydrogen-bond donors (Lipinski definition) is 3. The normalized spacial score (nSPS) is 12.6. The Kier molecular flexibility index (Phi) is 5.28. The van der Waals surface area contributed by atoms with Crippen LogP contribution in [0.3, 0.4) is 0 Å². The number of anilines is 1. The van der Waals surface area contributed by atoms with Crippen molar-refractivity contribution in [3.63, 3.8) is 0 Å². The minimum absolute atomic E-state index is 0.330. The third kappa shape index (κ3) is 4.04. The van der Waals surface area contributed by atoms with E-state index in [4.69, 9.17) is 0 Å². The summed E-state index contributed by atoms with van der Waals surface area (Å²) in [5.74, 6) is -1.58. The second-order valence-corrected chi connectivity index (χ2v) is 4.48. The lowest BCUT2D eigenvalue weighted by atomic mass is 10.1. The van der Waals surface area contributed by atoms with E-state index in [1.807, 2.05) is 0 Å². The van der Waals surface area contributed by atoms with Crippen LogP contribution in [0.2, 0.25) is 0 Å². The van der Waals surface area contributed by atoms with Crippen molar-refractivity contribution in [2.24, 2.45) is 0 Å². The summed E-state index contributed by atoms with van der Waals surface area (Å²) in [7, 11) is 0. The quantitative estimate of drug-likeness (QED) is 0.324. The Morgan fingerprint density at radius 3 is 1.83 bits per heavy atom. The van der Waals surface area contributed by atoms with Crippen LogP contribution in [0.5, 0.6) is 0 Å². The molecule has 0 aliphatic carbocycles. The summed E-state index contributed by atoms with van der Waals surface area (Å²) in [6.45, 7) is 0.486. The number of nitrogens with one attached hydrogen (secondary N) is 3. The minimum Gasteiger partial charge on any atom is -0.322 e. The van der Waals surface area contributed by atoms with E-state index in [0.717, 1.165) is 35.0 Å². The number of benzene rings is 1. The Bertz CT molecular complexity index is 600. The highest BCUT2D eigenvalue weighted by molar-refractivity contribution is 5.74. The van der Waals surface area contributed by atoms with Crippen LogP contribution in [0.4, 0.5) is 37.7 Å². The van der Waals surface area contributed by atoms with Gasteiger partial charge in [-0.05, 0) is 12.1 Å². The van der Waals surface area contributed by atoms with E-state index >= 15 is 0 Å². The number of carbonyl (C=O) groups is 1. The lowest BCUT2D eigenvalue weighted by Gasteiger charge is -2.38. The fourth-order valence-corrected chi connectivity index (χ4v) is 1.57. The van der Waals surface area contributed by atoms with Crippen molar-refractivity contribution in [3.8, 4) is 0 Å². The zero-order chi connectivity index (χ0) is 18.8. The van der Waals surface area contributed by atoms with Crippen LogP contribution < -0.4 is 16.2 Å². The summed E-state index contributed by atoms with van der Waals surface area (Å²) in [5, 5.41) is 11.2. The Morgan fingerprint density at radius 1 is 1.04 bits per heavy atom. The van der Waals surface area contributed by atoms with Crippen LogP contribution in [0.1, 0.15) is 6.92 Å². The van der Waals surface area contributed by atoms with Gasteiger partial charge in [0.15, 0.2) is 0 Å². The number of hydrogen-bond acceptors (Lipinski definition) is 5. The van der Waals surface area contributed by atoms with E-state index in [9.17, 15) is 41.3 Å². The highest BCUT2D eigenvalue weighted by atomic mass is 19.4. The molecule has 0 aromatic heterocycles. The molecule has 0 saturated carbocycles. The Morgan fingerprint density at radius 2 is 1.50 bits per heavy atom. The maximum atomic E-state index is 13.0. The summed E-state index contributed by atoms with van der Waals surface area (Å²) in [5.41, 5.74) is -2.85. The first-order chi connectivity index (χ1) is 10.8. The largest absolute Gasteiger partial charge is 0.436 e. The van der Waals surface area contributed by atoms with Gasteiger partial charge in [0.05, 0.1) is 4.92 Å². The molecule has 0 unspecified atom stereocenters. The highest BCUT2D eigenvalue weighted by Crippen LogP contribution is 2.41. The van der Waals surface area contributed by atoms with E-state index in [1.54, 1.807) is 5.43 Å². The van der Waals surface area contributed by atoms with Crippen molar-refractivity contribution in [2.45, 2.75) is 24.9 Å². The number of carbonyl (C=O) groups excluding carboxylic acids is 1. The smallest absolute Gasteiger partial charge is 0.322 e. The molecule has 0 aliphatic heterocycles. The molecule has 1 aromatic carbocycles. The summed E-state index contributed by atoms with van der Waals surface area (Å²) in [4.78, 5) is 20.5. The first kappa shape index (κ1) is 19.5. The molecule has 7 nitrogen and oxygen atoms in total. The van der Waals surface area contributed by atoms with Crippen molar-refractivity contribution >= 4 is 17.3 Å². The molecule has 0 spiro atoms. The van der Waals surface area contributed by atoms with Crippen LogP contribution >= 0.6 is 0 Å². The van der Waals surface area contributed by atoms with Gasteiger partial charge in [0.2, 0.25) is 5.91 Å². The molecule has 0 heterocycles. The summed E-state index contributed by atoms with van der Waals surface area (Å²) in [6.07, 6.45) is -11.9. The molecule has 0 fully saturated rings. The molecule has 0 bridgehead atoms. The Labute approximate surface area is 130 Å². The van der Waals surface area contributed by atoms with Crippen LogP contribution in [-0.4, -0.2) is 28.8 Å². The molecule has 1 aromatic rings. The number of rotatable bonds is 5. The fourth-order valence-electron chi connectivity index (χ4n) is 1.57. The summed E-state index contributed by atoms with van der Waals surface area (Å²) >= 11 is 0. The van der Waals surface area contributed by atoms with Crippen molar-refractivity contribution in [1.82, 2.24) is 10.7 Å². The predicted octanol–water partition coefficient (Wildman–Crippen LogP) is 2.47. The van der Waals surface area contributed by atoms with Crippen LogP contribution in [-0.2, 0) is 4.79 Å². The maximum absolute atomic E-state index is 13.0. The van der Waals surface area contributed by atoms with Gasteiger partial charge in [-0.25, -0.2) is 0 Å². The minimum atomic E-state index is -5.94. The van der Waals surface area contributed by atoms with Gasteiger partial charge in [0.25, 0.3) is 5.69 Å². The number of alkyl halides is 6. The topological polar surface area (TPSA) is 96.3 Å². The van der Waals surface area contributed by atoms with E-state index in [1.165, 1.54) is 0 Å². The van der Waals surface area contributed by atoms with Crippen molar-refractivity contribution < 1.29 is 36.1 Å². The molecule has 24 heavy (non-hydrogen) atoms. The molecule has 0 atom stereocenters. The number of non-ortho nitro benzene ring substituents is 1. The number of nitro groups is 1. The second kappa shape index (κ2) is 6.51. The lowest BCUT2D eigenvalue weighted by molar-refractivity contribution is -0.384. The molecule has 13 heteroatoms. The van der Waals surface area contributed by atoms with Crippen molar-refractivity contribution in [3.05, 3.63) is 34.4 Å². The average Bonchev–Trinajstić information content (AvgIpc) is 2.40. The molecule has 0 aliphatic rings. The molecule has 0 saturated heterocycles. The first-order valence-electron chi connectivity index (χ1n) is 6.00. The van der Waals surface area contributed by atoms with Gasteiger partial charge in [-0.1, -0.05) is 0 Å². The maximum Gasteiger partial charge on any atom is 0.436 e. The van der Waals surface area contributed by atoms with E-state index in [0.29, 0.717) is 6.92 Å². The van der Waals surface area contributed by atoms with Gasteiger partial charge in [-0.2, -0.15) is 31.8 Å². The second-order valence-electron chi connectivity index (χ2n) is 4.48. The predicted molar refractivity (Wildman–Crippen MR) is 68.5 cm³/mol. The zero-order valence-electron chi connectivity index (χ0n) is 11.7. The Balaban J connectivity index is 3.13. The van der Waals surface area contributed by atoms with Gasteiger partial charge in [0.1, 0.15) is 0 Å². The van der Waals surface area contributed by atoms with Gasteiger partial charge >= 0.3 is 18.0 Å². The van der Waals surface area contributed by atoms with Crippen molar-refractivity contribution in [2.75, 3.05) is 5.43 Å². The monoisotopic (exact) mass is 360 g/mol. The van der Waals surface area contributed by atoms with E-state index in [-0.39, 0.29) is 5.69 Å². The molecule has 3 N–H and O–H groups in total. The number of amides is 1. The van der Waals surface area contributed by atoms with Gasteiger partial charge in [-0.3, -0.25) is 14.9 Å². The lowest BCUT2D eigenvalue weighted by Crippen LogP contribution is -2.76. The number of hydrazine groups is 1. The zero-order valence-corrected chi connectivity index (χ0v) is 11.7. The number of halogens is 6. The van der Waals surface area contributed by atoms with Crippen LogP contribution in [0.15, 0.2) is 24.3 Å². The van der Waals surface area contributed by atoms with E-state index < -0.39 is 34.5 Å². The van der Waals surface area contributed by atoms with Crippen LogP contribution in [0.25, 0.3) is 0 Å². The SMILES string of the molecule is CC(=O)NC(NNc1ccc([N+](=O)[O-])cc1)(C(F)(F)F)C(F)(F)F. The van der Waals surface area contributed by atoms with Crippen LogP contribution in [0, 0.1) is 10.1 Å². The average molecular weight is 360 g/mol. The molecular weight excluding hydrogens is 350 g/mol. The molecular formula is C11H10F6N4O3. The highest BCUT2D eigenvalue weighted by Gasteiger charge is 2.72. The molecule has 1 amide bonds. The third-order valence-electron chi connectivity index (χ3n) is 2.69. The van der Waals surface area contributed by atoms with Crippen molar-refractivity contribution in [1.29, 1.82) is 0 Å². The first-order valence-corrected chi connectivity index (χ1v) is 6.00. The molecule has 134 valence electrons. The van der Waals surface area contributed by atoms with Gasteiger partial charge in [0, 0.05) is 24.7 Å². The third-order valence-corrected chi connectivity index (χ3v) is 2.69. The summed E-state index contributed by atoms with van der Waals surface area (Å²) < 4.78 is 77.9.